The molecular formula is C21H21NOSSi. The van der Waals surface area contributed by atoms with Crippen molar-refractivity contribution < 1.29 is 4.42 Å². The Balaban J connectivity index is 1.81. The second-order valence-corrected chi connectivity index (χ2v) is 12.2. The average molecular weight is 364 g/mol. The number of hydrogen-bond acceptors (Lipinski definition) is 3. The van der Waals surface area contributed by atoms with Gasteiger partial charge in [0.05, 0.1) is 0 Å². The van der Waals surface area contributed by atoms with Gasteiger partial charge in [-0.2, -0.15) is 0 Å². The molecule has 0 fully saturated rings. The first-order valence-corrected chi connectivity index (χ1v) is 12.2. The van der Waals surface area contributed by atoms with E-state index < -0.39 is 8.07 Å². The molecule has 4 aromatic rings. The molecule has 4 rings (SSSR count). The summed E-state index contributed by atoms with van der Waals surface area (Å²) in [5, 5.41) is 3.71. The lowest BCUT2D eigenvalue weighted by atomic mass is 10.1. The summed E-state index contributed by atoms with van der Waals surface area (Å²) in [5.41, 5.74) is 5.14. The summed E-state index contributed by atoms with van der Waals surface area (Å²) in [5.74, 6) is 0. The second kappa shape index (κ2) is 6.28. The predicted octanol–water partition coefficient (Wildman–Crippen LogP) is 5.08. The van der Waals surface area contributed by atoms with Crippen LogP contribution in [-0.2, 0) is 0 Å². The van der Waals surface area contributed by atoms with E-state index in [1.165, 1.54) is 21.2 Å². The van der Waals surface area contributed by atoms with Gasteiger partial charge in [-0.05, 0) is 52.9 Å². The summed E-state index contributed by atoms with van der Waals surface area (Å²) >= 11 is 1.81. The van der Waals surface area contributed by atoms with Crippen LogP contribution in [0.5, 0.6) is 0 Å². The molecule has 0 aliphatic carbocycles. The number of aromatic nitrogens is 1. The number of rotatable bonds is 4. The maximum Gasteiger partial charge on any atom is 0.185 e. The molecule has 0 saturated heterocycles. The van der Waals surface area contributed by atoms with Crippen molar-refractivity contribution in [2.75, 3.05) is 0 Å². The maximum atomic E-state index is 6.31. The van der Waals surface area contributed by atoms with Gasteiger partial charge in [0.15, 0.2) is 19.2 Å². The molecule has 126 valence electrons. The minimum atomic E-state index is -1.90. The lowest BCUT2D eigenvalue weighted by Gasteiger charge is -2.20. The molecule has 0 N–H and O–H groups in total. The van der Waals surface area contributed by atoms with Gasteiger partial charge in [0, 0.05) is 4.88 Å². The lowest BCUT2D eigenvalue weighted by molar-refractivity contribution is 0.638. The van der Waals surface area contributed by atoms with Gasteiger partial charge in [-0.1, -0.05) is 49.9 Å². The molecule has 0 bridgehead atoms. The number of nitrogens with zero attached hydrogens (tertiary/aromatic N) is 1. The molecular weight excluding hydrogens is 342 g/mol. The molecule has 2 heterocycles. The Morgan fingerprint density at radius 2 is 1.84 bits per heavy atom. The van der Waals surface area contributed by atoms with E-state index in [0.29, 0.717) is 0 Å². The van der Waals surface area contributed by atoms with E-state index in [1.807, 2.05) is 17.4 Å². The molecule has 0 amide bonds. The Labute approximate surface area is 153 Å². The minimum absolute atomic E-state index is 0.885. The zero-order valence-electron chi connectivity index (χ0n) is 14.7. The first-order valence-electron chi connectivity index (χ1n) is 8.62. The molecule has 0 radical (unpaired) electrons. The smallest absolute Gasteiger partial charge is 0.185 e. The van der Waals surface area contributed by atoms with Crippen LogP contribution in [0.15, 0.2) is 64.4 Å². The SMILES string of the molecule is CC[Si](C)(c1csc(C)c1)c1nc2ccc(-c3ccccc3)cc2o1. The number of benzene rings is 2. The van der Waals surface area contributed by atoms with Crippen molar-refractivity contribution >= 4 is 41.2 Å². The highest BCUT2D eigenvalue weighted by molar-refractivity contribution is 7.13. The molecule has 2 aromatic heterocycles. The van der Waals surface area contributed by atoms with E-state index in [-0.39, 0.29) is 0 Å². The summed E-state index contributed by atoms with van der Waals surface area (Å²) in [4.78, 5) is 6.23. The molecule has 4 heteroatoms. The summed E-state index contributed by atoms with van der Waals surface area (Å²) in [7, 11) is -1.90. The molecule has 25 heavy (non-hydrogen) atoms. The normalized spacial score (nSPS) is 13.9. The Hall–Kier alpha value is -2.17. The number of aryl methyl sites for hydroxylation is 1. The van der Waals surface area contributed by atoms with Crippen molar-refractivity contribution in [3.05, 3.63) is 64.9 Å². The van der Waals surface area contributed by atoms with Crippen LogP contribution in [0.3, 0.4) is 0 Å². The zero-order valence-corrected chi connectivity index (χ0v) is 16.6. The van der Waals surface area contributed by atoms with Gasteiger partial charge in [-0.15, -0.1) is 11.3 Å². The van der Waals surface area contributed by atoms with Crippen LogP contribution >= 0.6 is 11.3 Å². The van der Waals surface area contributed by atoms with Crippen LogP contribution in [0.2, 0.25) is 12.6 Å². The molecule has 0 saturated carbocycles. The van der Waals surface area contributed by atoms with Crippen LogP contribution in [0.4, 0.5) is 0 Å². The largest absolute Gasteiger partial charge is 0.445 e. The van der Waals surface area contributed by atoms with Crippen LogP contribution in [0.1, 0.15) is 11.8 Å². The van der Waals surface area contributed by atoms with Crippen LogP contribution < -0.4 is 10.7 Å². The van der Waals surface area contributed by atoms with Gasteiger partial charge >= 0.3 is 0 Å². The Kier molecular flexibility index (Phi) is 4.10. The Bertz CT molecular complexity index is 1020. The highest BCUT2D eigenvalue weighted by Crippen LogP contribution is 2.24. The number of oxazole rings is 1. The zero-order chi connectivity index (χ0) is 17.4. The van der Waals surface area contributed by atoms with Crippen LogP contribution in [0, 0.1) is 6.92 Å². The third kappa shape index (κ3) is 2.85. The summed E-state index contributed by atoms with van der Waals surface area (Å²) in [6.45, 7) is 6.78. The van der Waals surface area contributed by atoms with Gasteiger partial charge in [0.2, 0.25) is 0 Å². The van der Waals surface area contributed by atoms with Crippen molar-refractivity contribution in [3.63, 3.8) is 0 Å². The number of hydrogen-bond donors (Lipinski definition) is 0. The standard InChI is InChI=1S/C21H21NOSSi/c1-4-25(3,18-12-15(2)24-14-18)21-22-19-11-10-17(13-20(19)23-21)16-8-6-5-7-9-16/h5-14H,4H2,1-3H3. The van der Waals surface area contributed by atoms with Gasteiger partial charge in [-0.3, -0.25) is 0 Å². The molecule has 1 unspecified atom stereocenters. The van der Waals surface area contributed by atoms with Gasteiger partial charge in [-0.25, -0.2) is 4.98 Å². The van der Waals surface area contributed by atoms with E-state index in [1.54, 1.807) is 0 Å². The van der Waals surface area contributed by atoms with Crippen molar-refractivity contribution in [2.24, 2.45) is 0 Å². The van der Waals surface area contributed by atoms with E-state index in [4.69, 9.17) is 9.40 Å². The van der Waals surface area contributed by atoms with Crippen molar-refractivity contribution in [3.8, 4) is 11.1 Å². The van der Waals surface area contributed by atoms with Gasteiger partial charge in [0.1, 0.15) is 5.52 Å². The average Bonchev–Trinajstić information content (AvgIpc) is 3.27. The fourth-order valence-corrected chi connectivity index (χ4v) is 7.28. The third-order valence-corrected chi connectivity index (χ3v) is 10.2. The summed E-state index contributed by atoms with van der Waals surface area (Å²) in [6, 6.07) is 20.1. The van der Waals surface area contributed by atoms with Gasteiger partial charge in [0.25, 0.3) is 0 Å². The van der Waals surface area contributed by atoms with Crippen molar-refractivity contribution in [1.29, 1.82) is 0 Å². The molecule has 0 aliphatic heterocycles. The Morgan fingerprint density at radius 3 is 2.52 bits per heavy atom. The quantitative estimate of drug-likeness (QED) is 0.473. The van der Waals surface area contributed by atoms with Crippen LogP contribution in [-0.4, -0.2) is 13.1 Å². The predicted molar refractivity (Wildman–Crippen MR) is 110 cm³/mol. The number of thiophene rings is 1. The molecule has 2 nitrogen and oxygen atoms in total. The monoisotopic (exact) mass is 363 g/mol. The van der Waals surface area contributed by atoms with E-state index in [9.17, 15) is 0 Å². The van der Waals surface area contributed by atoms with Gasteiger partial charge < -0.3 is 4.42 Å². The van der Waals surface area contributed by atoms with E-state index in [0.717, 1.165) is 22.7 Å². The Morgan fingerprint density at radius 1 is 1.04 bits per heavy atom. The van der Waals surface area contributed by atoms with Crippen molar-refractivity contribution in [1.82, 2.24) is 4.98 Å². The summed E-state index contributed by atoms with van der Waals surface area (Å²) < 4.78 is 6.31. The van der Waals surface area contributed by atoms with Crippen LogP contribution in [0.25, 0.3) is 22.2 Å². The first kappa shape index (κ1) is 16.3. The summed E-state index contributed by atoms with van der Waals surface area (Å²) in [6.07, 6.45) is 0. The topological polar surface area (TPSA) is 26.0 Å². The first-order chi connectivity index (χ1) is 12.1. The van der Waals surface area contributed by atoms with E-state index >= 15 is 0 Å². The second-order valence-electron chi connectivity index (χ2n) is 6.70. The molecule has 0 aliphatic rings. The third-order valence-electron chi connectivity index (χ3n) is 5.04. The fraction of sp³-hybridized carbons (Fsp3) is 0.190. The molecule has 1 atom stereocenters. The van der Waals surface area contributed by atoms with E-state index in [2.05, 4.69) is 74.3 Å². The lowest BCUT2D eigenvalue weighted by Crippen LogP contribution is -2.55. The highest BCUT2D eigenvalue weighted by Gasteiger charge is 2.36. The number of fused-ring (bicyclic) bond motifs is 1. The van der Waals surface area contributed by atoms with Crippen molar-refractivity contribution in [2.45, 2.75) is 26.4 Å². The minimum Gasteiger partial charge on any atom is -0.445 e. The molecule has 0 spiro atoms. The fourth-order valence-electron chi connectivity index (χ4n) is 3.18. The maximum absolute atomic E-state index is 6.31. The molecule has 2 aromatic carbocycles. The highest BCUT2D eigenvalue weighted by atomic mass is 32.1.